The van der Waals surface area contributed by atoms with Crippen molar-refractivity contribution in [3.63, 3.8) is 0 Å². The summed E-state index contributed by atoms with van der Waals surface area (Å²) in [6.45, 7) is 6.41. The second kappa shape index (κ2) is 58.1. The van der Waals surface area contributed by atoms with Gasteiger partial charge in [0.15, 0.2) is 6.10 Å². The molecule has 0 aliphatic rings. The average molecular weight is 982 g/mol. The lowest BCUT2D eigenvalue weighted by molar-refractivity contribution is -0.167. The smallest absolute Gasteiger partial charge is 0.306 e. The van der Waals surface area contributed by atoms with Crippen molar-refractivity contribution in [2.45, 2.75) is 245 Å². The van der Waals surface area contributed by atoms with Gasteiger partial charge in [-0.15, -0.1) is 0 Å². The van der Waals surface area contributed by atoms with Crippen LogP contribution in [0.4, 0.5) is 0 Å². The van der Waals surface area contributed by atoms with E-state index in [0.29, 0.717) is 25.7 Å². The van der Waals surface area contributed by atoms with Crippen molar-refractivity contribution in [2.75, 3.05) is 13.2 Å². The molecule has 400 valence electrons. The number of allylic oxidation sites excluding steroid dienone is 22. The van der Waals surface area contributed by atoms with Crippen molar-refractivity contribution >= 4 is 17.9 Å². The zero-order chi connectivity index (χ0) is 51.4. The standard InChI is InChI=1S/C65H104O6/c1-4-7-10-13-16-19-21-23-24-25-26-27-28-29-30-31-32-33-34-35-36-37-38-39-40-41-42-43-45-46-49-52-55-58-64(67)70-61-62(60-69-63(66)57-54-51-48-18-15-12-9-6-3)71-65(68)59-56-53-50-47-44-22-20-17-14-11-8-5-2/h7,10,16-17,19-20,23-24,26-27,29-30,32-33,35-36,38-39,41-42,45-46,62H,4-6,8-9,11-15,18,21-22,25,28,31,34,37,40,43-44,47-61H2,1-3H3/b10-7-,19-16-,20-17-,24-23-,27-26-,30-29-,33-32-,36-35-,39-38-,42-41-,46-45-. The number of carbonyl (C=O) groups is 3. The highest BCUT2D eigenvalue weighted by Crippen LogP contribution is 2.13. The Balaban J connectivity index is 4.26. The number of unbranched alkanes of at least 4 members (excludes halogenated alkanes) is 17. The van der Waals surface area contributed by atoms with Gasteiger partial charge in [-0.2, -0.15) is 0 Å². The number of esters is 3. The van der Waals surface area contributed by atoms with E-state index in [1.54, 1.807) is 0 Å². The van der Waals surface area contributed by atoms with E-state index in [9.17, 15) is 14.4 Å². The quantitative estimate of drug-likeness (QED) is 0.0262. The Morgan fingerprint density at radius 1 is 0.296 bits per heavy atom. The highest BCUT2D eigenvalue weighted by molar-refractivity contribution is 5.71. The predicted molar refractivity (Wildman–Crippen MR) is 306 cm³/mol. The van der Waals surface area contributed by atoms with E-state index < -0.39 is 6.10 Å². The van der Waals surface area contributed by atoms with Crippen molar-refractivity contribution in [1.29, 1.82) is 0 Å². The van der Waals surface area contributed by atoms with E-state index >= 15 is 0 Å². The van der Waals surface area contributed by atoms with Crippen molar-refractivity contribution in [3.05, 3.63) is 134 Å². The largest absolute Gasteiger partial charge is 0.462 e. The van der Waals surface area contributed by atoms with Crippen LogP contribution in [0, 0.1) is 0 Å². The van der Waals surface area contributed by atoms with Gasteiger partial charge in [0.05, 0.1) is 0 Å². The van der Waals surface area contributed by atoms with Crippen LogP contribution in [0.2, 0.25) is 0 Å². The van der Waals surface area contributed by atoms with E-state index in [-0.39, 0.29) is 31.1 Å². The maximum atomic E-state index is 12.8. The molecule has 0 fully saturated rings. The van der Waals surface area contributed by atoms with Gasteiger partial charge in [-0.05, 0) is 122 Å². The van der Waals surface area contributed by atoms with Crippen molar-refractivity contribution in [1.82, 2.24) is 0 Å². The lowest BCUT2D eigenvalue weighted by atomic mass is 10.1. The molecule has 0 heterocycles. The first-order valence-corrected chi connectivity index (χ1v) is 28.7. The van der Waals surface area contributed by atoms with Gasteiger partial charge in [-0.25, -0.2) is 0 Å². The molecule has 0 aliphatic carbocycles. The van der Waals surface area contributed by atoms with Crippen molar-refractivity contribution in [3.8, 4) is 0 Å². The predicted octanol–water partition coefficient (Wildman–Crippen LogP) is 19.4. The minimum atomic E-state index is -0.800. The average Bonchev–Trinajstić information content (AvgIpc) is 3.37. The molecular formula is C65H104O6. The van der Waals surface area contributed by atoms with Crippen LogP contribution in [0.3, 0.4) is 0 Å². The normalized spacial score (nSPS) is 13.1. The monoisotopic (exact) mass is 981 g/mol. The molecule has 0 aromatic carbocycles. The molecule has 1 atom stereocenters. The van der Waals surface area contributed by atoms with Crippen LogP contribution in [0.5, 0.6) is 0 Å². The number of hydrogen-bond donors (Lipinski definition) is 0. The summed E-state index contributed by atoms with van der Waals surface area (Å²) in [5.41, 5.74) is 0. The van der Waals surface area contributed by atoms with Crippen LogP contribution >= 0.6 is 0 Å². The Bertz CT molecular complexity index is 1550. The second-order valence-electron chi connectivity index (χ2n) is 18.5. The Kier molecular flexibility index (Phi) is 54.5. The van der Waals surface area contributed by atoms with Gasteiger partial charge in [-0.1, -0.05) is 231 Å². The van der Waals surface area contributed by atoms with E-state index in [1.165, 1.54) is 64.2 Å². The topological polar surface area (TPSA) is 78.9 Å². The number of hydrogen-bond acceptors (Lipinski definition) is 6. The molecule has 0 saturated carbocycles. The fourth-order valence-corrected chi connectivity index (χ4v) is 7.35. The molecule has 0 aromatic rings. The summed E-state index contributed by atoms with van der Waals surface area (Å²) < 4.78 is 16.7. The summed E-state index contributed by atoms with van der Waals surface area (Å²) in [5.74, 6) is -0.964. The minimum Gasteiger partial charge on any atom is -0.462 e. The molecule has 6 nitrogen and oxygen atoms in total. The number of ether oxygens (including phenoxy) is 3. The Labute approximate surface area is 436 Å². The Morgan fingerprint density at radius 3 is 0.930 bits per heavy atom. The molecule has 1 unspecified atom stereocenters. The first-order chi connectivity index (χ1) is 35.0. The van der Waals surface area contributed by atoms with Gasteiger partial charge in [0.25, 0.3) is 0 Å². The van der Waals surface area contributed by atoms with Crippen LogP contribution in [0.25, 0.3) is 0 Å². The third kappa shape index (κ3) is 56.3. The van der Waals surface area contributed by atoms with E-state index in [2.05, 4.69) is 154 Å². The maximum absolute atomic E-state index is 12.8. The fraction of sp³-hybridized carbons (Fsp3) is 0.615. The molecule has 0 radical (unpaired) electrons. The van der Waals surface area contributed by atoms with Gasteiger partial charge in [0.1, 0.15) is 13.2 Å². The van der Waals surface area contributed by atoms with Gasteiger partial charge < -0.3 is 14.2 Å². The number of carbonyl (C=O) groups excluding carboxylic acids is 3. The lowest BCUT2D eigenvalue weighted by Crippen LogP contribution is -2.30. The van der Waals surface area contributed by atoms with Crippen LogP contribution in [-0.4, -0.2) is 37.2 Å². The van der Waals surface area contributed by atoms with Crippen LogP contribution in [0.15, 0.2) is 134 Å². The summed E-state index contributed by atoms with van der Waals surface area (Å²) >= 11 is 0. The van der Waals surface area contributed by atoms with Crippen LogP contribution in [0.1, 0.15) is 239 Å². The molecule has 0 rings (SSSR count). The summed E-state index contributed by atoms with van der Waals surface area (Å²) in [6, 6.07) is 0. The molecule has 0 aromatic heterocycles. The van der Waals surface area contributed by atoms with Crippen molar-refractivity contribution in [2.24, 2.45) is 0 Å². The van der Waals surface area contributed by atoms with Gasteiger partial charge in [0.2, 0.25) is 0 Å². The molecular weight excluding hydrogens is 877 g/mol. The minimum absolute atomic E-state index is 0.0972. The third-order valence-electron chi connectivity index (χ3n) is 11.6. The van der Waals surface area contributed by atoms with Crippen LogP contribution < -0.4 is 0 Å². The molecule has 0 amide bonds. The number of rotatable bonds is 50. The SMILES string of the molecule is CC/C=C\C/C=C\C/C=C\C/C=C\C/C=C\C/C=C\C/C=C\C/C=C\C/C=C\C/C=C\CCCCC(=O)OCC(COC(=O)CCCCCCCCCC)OC(=O)CCCCCCC/C=C\CCCCC. The van der Waals surface area contributed by atoms with E-state index in [4.69, 9.17) is 14.2 Å². The summed E-state index contributed by atoms with van der Waals surface area (Å²) in [5, 5.41) is 0. The molecule has 0 aliphatic heterocycles. The molecule has 71 heavy (non-hydrogen) atoms. The lowest BCUT2D eigenvalue weighted by Gasteiger charge is -2.18. The Morgan fingerprint density at radius 2 is 0.549 bits per heavy atom. The van der Waals surface area contributed by atoms with Crippen molar-refractivity contribution < 1.29 is 28.6 Å². The highest BCUT2D eigenvalue weighted by Gasteiger charge is 2.19. The maximum Gasteiger partial charge on any atom is 0.306 e. The third-order valence-corrected chi connectivity index (χ3v) is 11.6. The van der Waals surface area contributed by atoms with E-state index in [1.807, 2.05) is 0 Å². The molecule has 0 bridgehead atoms. The fourth-order valence-electron chi connectivity index (χ4n) is 7.35. The van der Waals surface area contributed by atoms with E-state index in [0.717, 1.165) is 128 Å². The molecule has 0 saturated heterocycles. The van der Waals surface area contributed by atoms with Crippen LogP contribution in [-0.2, 0) is 28.6 Å². The Hall–Kier alpha value is -4.45. The van der Waals surface area contributed by atoms with Gasteiger partial charge in [0, 0.05) is 19.3 Å². The summed E-state index contributed by atoms with van der Waals surface area (Å²) in [4.78, 5) is 37.9. The highest BCUT2D eigenvalue weighted by atomic mass is 16.6. The first-order valence-electron chi connectivity index (χ1n) is 28.7. The summed E-state index contributed by atoms with van der Waals surface area (Å²) in [6.07, 6.45) is 81.8. The zero-order valence-electron chi connectivity index (χ0n) is 45.7. The van der Waals surface area contributed by atoms with Gasteiger partial charge in [-0.3, -0.25) is 14.4 Å². The molecule has 0 spiro atoms. The molecule has 6 heteroatoms. The first kappa shape index (κ1) is 66.6. The summed E-state index contributed by atoms with van der Waals surface area (Å²) in [7, 11) is 0. The van der Waals surface area contributed by atoms with Gasteiger partial charge >= 0.3 is 17.9 Å². The second-order valence-corrected chi connectivity index (χ2v) is 18.5. The molecule has 0 N–H and O–H groups in total. The zero-order valence-corrected chi connectivity index (χ0v) is 45.7.